The van der Waals surface area contributed by atoms with E-state index in [1.54, 1.807) is 5.01 Å². The van der Waals surface area contributed by atoms with Crippen molar-refractivity contribution >= 4 is 34.2 Å². The topological polar surface area (TPSA) is 60.3 Å². The summed E-state index contributed by atoms with van der Waals surface area (Å²) in [6.07, 6.45) is -0.371. The van der Waals surface area contributed by atoms with Gasteiger partial charge >= 0.3 is 0 Å². The van der Waals surface area contributed by atoms with Gasteiger partial charge in [-0.2, -0.15) is 0 Å². The van der Waals surface area contributed by atoms with Gasteiger partial charge in [0.2, 0.25) is 0 Å². The molecule has 2 aliphatic rings. The van der Waals surface area contributed by atoms with E-state index < -0.39 is 0 Å². The minimum absolute atomic E-state index is 0.141. The lowest BCUT2D eigenvalue weighted by Gasteiger charge is -2.34. The van der Waals surface area contributed by atoms with Crippen LogP contribution in [0.5, 0.6) is 0 Å². The smallest absolute Gasteiger partial charge is 0.276 e. The molecule has 0 saturated carbocycles. The average molecular weight is 379 g/mol. The van der Waals surface area contributed by atoms with Crippen molar-refractivity contribution in [1.29, 1.82) is 0 Å². The van der Waals surface area contributed by atoms with Crippen LogP contribution < -0.4 is 20.8 Å². The molecule has 0 bridgehead atoms. The molecule has 138 valence electrons. The summed E-state index contributed by atoms with van der Waals surface area (Å²) in [6, 6.07) is 15.9. The largest absolute Gasteiger partial charge is 0.378 e. The van der Waals surface area contributed by atoms with Crippen LogP contribution in [0.3, 0.4) is 0 Å². The van der Waals surface area contributed by atoms with E-state index >= 15 is 0 Å². The number of rotatable bonds is 3. The third kappa shape index (κ3) is 3.19. The van der Waals surface area contributed by atoms with Gasteiger partial charge in [0.25, 0.3) is 5.91 Å². The van der Waals surface area contributed by atoms with E-state index in [2.05, 4.69) is 22.3 Å². The summed E-state index contributed by atoms with van der Waals surface area (Å²) < 4.78 is 0. The van der Waals surface area contributed by atoms with Gasteiger partial charge in [-0.25, -0.2) is 5.01 Å². The van der Waals surface area contributed by atoms with Crippen LogP contribution in [0.1, 0.15) is 18.7 Å². The Morgan fingerprint density at radius 3 is 2.59 bits per heavy atom. The van der Waals surface area contributed by atoms with Crippen molar-refractivity contribution in [2.45, 2.75) is 13.1 Å². The molecule has 1 atom stereocenters. The van der Waals surface area contributed by atoms with Crippen molar-refractivity contribution in [1.82, 2.24) is 10.3 Å². The molecule has 1 N–H and O–H groups in total. The Labute approximate surface area is 162 Å². The number of benzene rings is 2. The molecular formula is C20H21N5OS. The second kappa shape index (κ2) is 7.08. The predicted octanol–water partition coefficient (Wildman–Crippen LogP) is 1.65. The van der Waals surface area contributed by atoms with E-state index in [0.29, 0.717) is 10.9 Å². The van der Waals surface area contributed by atoms with Gasteiger partial charge in [-0.3, -0.25) is 15.1 Å². The molecule has 27 heavy (non-hydrogen) atoms. The summed E-state index contributed by atoms with van der Waals surface area (Å²) in [4.78, 5) is 19.8. The summed E-state index contributed by atoms with van der Waals surface area (Å²) in [6.45, 7) is 2.03. The number of anilines is 1. The van der Waals surface area contributed by atoms with Crippen LogP contribution in [0.2, 0.25) is 0 Å². The molecule has 0 unspecified atom stereocenters. The van der Waals surface area contributed by atoms with Crippen LogP contribution in [0.15, 0.2) is 58.6 Å². The highest BCUT2D eigenvalue weighted by Gasteiger charge is 2.34. The van der Waals surface area contributed by atoms with Gasteiger partial charge in [0.05, 0.1) is 5.36 Å². The zero-order valence-corrected chi connectivity index (χ0v) is 16.3. The molecular weight excluding hydrogens is 358 g/mol. The number of amidine groups is 1. The highest BCUT2D eigenvalue weighted by molar-refractivity contribution is 8.13. The second-order valence-electron chi connectivity index (χ2n) is 6.49. The van der Waals surface area contributed by atoms with Gasteiger partial charge in [-0.15, -0.1) is 5.10 Å². The van der Waals surface area contributed by atoms with E-state index in [1.165, 1.54) is 11.8 Å². The van der Waals surface area contributed by atoms with Crippen molar-refractivity contribution in [2.75, 3.05) is 24.7 Å². The zero-order chi connectivity index (χ0) is 19.0. The van der Waals surface area contributed by atoms with Gasteiger partial charge in [0, 0.05) is 25.0 Å². The number of nitrogens with one attached hydrogen (secondary N) is 1. The Morgan fingerprint density at radius 1 is 1.15 bits per heavy atom. The zero-order valence-electron chi connectivity index (χ0n) is 15.5. The Morgan fingerprint density at radius 2 is 1.89 bits per heavy atom. The Balaban J connectivity index is 1.88. The molecule has 0 aliphatic carbocycles. The molecule has 1 amide bonds. The van der Waals surface area contributed by atoms with E-state index in [0.717, 1.165) is 27.6 Å². The molecule has 0 spiro atoms. The molecule has 7 heteroatoms. The van der Waals surface area contributed by atoms with Crippen molar-refractivity contribution in [3.05, 3.63) is 64.7 Å². The van der Waals surface area contributed by atoms with E-state index in [1.807, 2.05) is 57.4 Å². The van der Waals surface area contributed by atoms with Crippen LogP contribution in [0.25, 0.3) is 5.70 Å². The first-order chi connectivity index (χ1) is 13.1. The number of amides is 1. The first-order valence-corrected chi connectivity index (χ1v) is 9.83. The maximum atomic E-state index is 12.9. The van der Waals surface area contributed by atoms with Crippen LogP contribution in [0.4, 0.5) is 5.69 Å². The maximum Gasteiger partial charge on any atom is 0.276 e. The van der Waals surface area contributed by atoms with Crippen LogP contribution in [-0.2, 0) is 4.79 Å². The summed E-state index contributed by atoms with van der Waals surface area (Å²) in [7, 11) is 4.02. The van der Waals surface area contributed by atoms with E-state index in [4.69, 9.17) is 10.1 Å². The summed E-state index contributed by atoms with van der Waals surface area (Å²) >= 11 is 1.51. The average Bonchev–Trinajstić information content (AvgIpc) is 2.67. The Kier molecular flexibility index (Phi) is 4.61. The number of hydrogen-bond acceptors (Lipinski definition) is 6. The molecule has 2 aromatic carbocycles. The first-order valence-electron chi connectivity index (χ1n) is 8.85. The quantitative estimate of drug-likeness (QED) is 0.881. The third-order valence-electron chi connectivity index (χ3n) is 4.50. The molecule has 0 saturated heterocycles. The monoisotopic (exact) mass is 379 g/mol. The first kappa shape index (κ1) is 17.6. The van der Waals surface area contributed by atoms with Crippen molar-refractivity contribution in [3.63, 3.8) is 0 Å². The number of para-hydroxylation sites is 1. The lowest BCUT2D eigenvalue weighted by molar-refractivity contribution is -0.116. The van der Waals surface area contributed by atoms with Crippen LogP contribution >= 0.6 is 11.8 Å². The number of carbonyl (C=O) groups excluding carboxylic acids is 1. The minimum atomic E-state index is -0.371. The summed E-state index contributed by atoms with van der Waals surface area (Å²) in [5.41, 5.74) is 2.65. The fraction of sp³-hybridized carbons (Fsp3) is 0.250. The number of fused-ring (bicyclic) bond motifs is 2. The van der Waals surface area contributed by atoms with Gasteiger partial charge in [-0.1, -0.05) is 49.0 Å². The van der Waals surface area contributed by atoms with E-state index in [-0.39, 0.29) is 12.1 Å². The predicted molar refractivity (Wildman–Crippen MR) is 110 cm³/mol. The number of hydrogen-bond donors (Lipinski definition) is 1. The normalized spacial score (nSPS) is 18.1. The van der Waals surface area contributed by atoms with Crippen LogP contribution in [-0.4, -0.2) is 35.9 Å². The number of thioether (sulfide) groups is 1. The molecule has 6 nitrogen and oxygen atoms in total. The van der Waals surface area contributed by atoms with E-state index in [9.17, 15) is 4.79 Å². The SMILES string of the molecule is CCSC1=NN2C(=c3ccccc3=N[C@@H]2c2ccc(N(C)C)cc2)C(=O)N1. The summed E-state index contributed by atoms with van der Waals surface area (Å²) in [5.74, 6) is 0.691. The van der Waals surface area contributed by atoms with Crippen molar-refractivity contribution in [2.24, 2.45) is 10.1 Å². The number of carbonyl (C=O) groups is 1. The van der Waals surface area contributed by atoms with Crippen molar-refractivity contribution < 1.29 is 4.79 Å². The highest BCUT2D eigenvalue weighted by atomic mass is 32.2. The van der Waals surface area contributed by atoms with Gasteiger partial charge < -0.3 is 4.90 Å². The molecule has 2 aliphatic heterocycles. The Hall–Kier alpha value is -2.80. The fourth-order valence-corrected chi connectivity index (χ4v) is 3.77. The Bertz CT molecular complexity index is 1030. The lowest BCUT2D eigenvalue weighted by Crippen LogP contribution is -2.50. The van der Waals surface area contributed by atoms with Gasteiger partial charge in [-0.05, 0) is 29.5 Å². The maximum absolute atomic E-state index is 12.9. The van der Waals surface area contributed by atoms with Crippen LogP contribution in [0, 0.1) is 0 Å². The summed E-state index contributed by atoms with van der Waals surface area (Å²) in [5, 5.41) is 11.6. The standard InChI is InChI=1S/C20H21N5OS/c1-4-27-20-22-19(26)17-15-7-5-6-8-16(15)21-18(25(17)23-20)13-9-11-14(12-10-13)24(2)3/h5-12,18H,4H2,1-3H3,(H,22,23,26)/t18-/m0/s1. The lowest BCUT2D eigenvalue weighted by atomic mass is 10.1. The van der Waals surface area contributed by atoms with Gasteiger partial charge in [0.1, 0.15) is 5.70 Å². The van der Waals surface area contributed by atoms with Gasteiger partial charge in [0.15, 0.2) is 11.3 Å². The number of hydrazone groups is 1. The molecule has 0 aromatic heterocycles. The fourth-order valence-electron chi connectivity index (χ4n) is 3.19. The molecule has 0 radical (unpaired) electrons. The van der Waals surface area contributed by atoms with Crippen molar-refractivity contribution in [3.8, 4) is 0 Å². The second-order valence-corrected chi connectivity index (χ2v) is 7.74. The third-order valence-corrected chi connectivity index (χ3v) is 5.25. The number of nitrogens with zero attached hydrogens (tertiary/aromatic N) is 4. The highest BCUT2D eigenvalue weighted by Crippen LogP contribution is 2.31. The molecule has 0 fully saturated rings. The molecule has 4 rings (SSSR count). The molecule has 2 aromatic rings. The minimum Gasteiger partial charge on any atom is -0.378 e. The molecule has 2 heterocycles.